The highest BCUT2D eigenvalue weighted by Crippen LogP contribution is 2.16. The minimum absolute atomic E-state index is 0.0476. The highest BCUT2D eigenvalue weighted by molar-refractivity contribution is 7.14. The van der Waals surface area contributed by atoms with E-state index >= 15 is 0 Å². The average molecular weight is 346 g/mol. The van der Waals surface area contributed by atoms with Crippen molar-refractivity contribution in [2.75, 3.05) is 33.2 Å². The van der Waals surface area contributed by atoms with Crippen LogP contribution in [0.4, 0.5) is 0 Å². The van der Waals surface area contributed by atoms with Gasteiger partial charge in [0.05, 0.1) is 6.20 Å². The molecule has 4 nitrogen and oxygen atoms in total. The van der Waals surface area contributed by atoms with Crippen LogP contribution in [0.5, 0.6) is 0 Å². The molecule has 0 atom stereocenters. The lowest BCUT2D eigenvalue weighted by Crippen LogP contribution is -2.46. The molecule has 2 aromatic rings. The molecule has 1 aliphatic rings. The average Bonchev–Trinajstić information content (AvgIpc) is 3.02. The minimum atomic E-state index is 0.0476. The van der Waals surface area contributed by atoms with Gasteiger partial charge in [-0.1, -0.05) is 23.6 Å². The molecule has 3 rings (SSSR count). The molecule has 2 heterocycles. The van der Waals surface area contributed by atoms with Crippen molar-refractivity contribution in [2.45, 2.75) is 0 Å². The molecule has 1 amide bonds. The van der Waals surface area contributed by atoms with Crippen LogP contribution in [-0.2, 0) is 0 Å². The van der Waals surface area contributed by atoms with Crippen LogP contribution >= 0.6 is 22.9 Å². The van der Waals surface area contributed by atoms with Crippen LogP contribution < -0.4 is 0 Å². The maximum atomic E-state index is 12.5. The first-order valence-corrected chi connectivity index (χ1v) is 8.52. The number of hydrogen-bond acceptors (Lipinski definition) is 4. The summed E-state index contributed by atoms with van der Waals surface area (Å²) < 4.78 is 0. The van der Waals surface area contributed by atoms with Crippen LogP contribution in [0.15, 0.2) is 30.5 Å². The third kappa shape index (κ3) is 4.11. The number of rotatable bonds is 1. The third-order valence-corrected chi connectivity index (χ3v) is 4.78. The maximum Gasteiger partial charge on any atom is 0.265 e. The Morgan fingerprint density at radius 1 is 1.26 bits per heavy atom. The Kier molecular flexibility index (Phi) is 4.97. The summed E-state index contributed by atoms with van der Waals surface area (Å²) >= 11 is 7.27. The monoisotopic (exact) mass is 345 g/mol. The molecule has 1 saturated heterocycles. The molecule has 1 aromatic carbocycles. The molecule has 118 valence electrons. The third-order valence-electron chi connectivity index (χ3n) is 3.65. The Balaban J connectivity index is 1.70. The fourth-order valence-electron chi connectivity index (χ4n) is 2.29. The number of benzene rings is 1. The van der Waals surface area contributed by atoms with Crippen molar-refractivity contribution in [3.05, 3.63) is 50.9 Å². The first-order valence-electron chi connectivity index (χ1n) is 7.33. The van der Waals surface area contributed by atoms with Crippen LogP contribution in [-0.4, -0.2) is 53.9 Å². The lowest BCUT2D eigenvalue weighted by Gasteiger charge is -2.31. The van der Waals surface area contributed by atoms with Crippen molar-refractivity contribution in [1.29, 1.82) is 0 Å². The van der Waals surface area contributed by atoms with E-state index in [9.17, 15) is 4.79 Å². The first kappa shape index (κ1) is 16.0. The summed E-state index contributed by atoms with van der Waals surface area (Å²) in [5.41, 5.74) is 0.833. The zero-order chi connectivity index (χ0) is 16.2. The predicted octanol–water partition coefficient (Wildman–Crippen LogP) is 2.58. The van der Waals surface area contributed by atoms with Gasteiger partial charge in [-0.25, -0.2) is 4.98 Å². The Labute approximate surface area is 144 Å². The topological polar surface area (TPSA) is 36.4 Å². The number of piperazine rings is 1. The van der Waals surface area contributed by atoms with E-state index < -0.39 is 0 Å². The summed E-state index contributed by atoms with van der Waals surface area (Å²) in [5, 5.41) is 1.30. The number of carbonyl (C=O) groups excluding carboxylic acids is 1. The summed E-state index contributed by atoms with van der Waals surface area (Å²) in [6.07, 6.45) is 1.62. The smallest absolute Gasteiger partial charge is 0.265 e. The molecular formula is C17H16ClN3OS. The molecule has 1 aromatic heterocycles. The van der Waals surface area contributed by atoms with Crippen LogP contribution in [0, 0.1) is 11.8 Å². The second kappa shape index (κ2) is 7.14. The molecule has 0 unspecified atom stereocenters. The van der Waals surface area contributed by atoms with E-state index in [2.05, 4.69) is 28.8 Å². The van der Waals surface area contributed by atoms with Gasteiger partial charge in [-0.3, -0.25) is 4.79 Å². The van der Waals surface area contributed by atoms with E-state index in [1.54, 1.807) is 12.3 Å². The fraction of sp³-hybridized carbons (Fsp3) is 0.294. The summed E-state index contributed by atoms with van der Waals surface area (Å²) in [6.45, 7) is 3.34. The van der Waals surface area contributed by atoms with E-state index in [4.69, 9.17) is 11.6 Å². The molecule has 1 aliphatic heterocycles. The molecule has 1 fully saturated rings. The maximum absolute atomic E-state index is 12.5. The van der Waals surface area contributed by atoms with Crippen LogP contribution in [0.3, 0.4) is 0 Å². The van der Waals surface area contributed by atoms with Crippen molar-refractivity contribution in [3.8, 4) is 11.8 Å². The first-order chi connectivity index (χ1) is 11.1. The largest absolute Gasteiger partial charge is 0.335 e. The van der Waals surface area contributed by atoms with Gasteiger partial charge >= 0.3 is 0 Å². The Hall–Kier alpha value is -1.87. The van der Waals surface area contributed by atoms with Crippen LogP contribution in [0.2, 0.25) is 5.02 Å². The van der Waals surface area contributed by atoms with Gasteiger partial charge in [0.15, 0.2) is 5.01 Å². The normalized spacial score (nSPS) is 15.1. The zero-order valence-corrected chi connectivity index (χ0v) is 14.3. The summed E-state index contributed by atoms with van der Waals surface area (Å²) in [6, 6.07) is 7.36. The highest BCUT2D eigenvalue weighted by atomic mass is 35.5. The van der Waals surface area contributed by atoms with Crippen molar-refractivity contribution in [2.24, 2.45) is 0 Å². The van der Waals surface area contributed by atoms with Gasteiger partial charge in [-0.05, 0) is 31.2 Å². The van der Waals surface area contributed by atoms with Gasteiger partial charge in [-0.2, -0.15) is 0 Å². The van der Waals surface area contributed by atoms with Crippen molar-refractivity contribution in [3.63, 3.8) is 0 Å². The number of hydrogen-bond donors (Lipinski definition) is 0. The van der Waals surface area contributed by atoms with Crippen molar-refractivity contribution in [1.82, 2.24) is 14.8 Å². The highest BCUT2D eigenvalue weighted by Gasteiger charge is 2.21. The van der Waals surface area contributed by atoms with Crippen molar-refractivity contribution < 1.29 is 4.79 Å². The number of likely N-dealkylation sites (N-methyl/N-ethyl adjacent to an activating group) is 1. The summed E-state index contributed by atoms with van der Waals surface area (Å²) in [5.74, 6) is 6.06. The Morgan fingerprint density at radius 2 is 2.04 bits per heavy atom. The molecule has 0 spiro atoms. The molecule has 0 N–H and O–H groups in total. The molecule has 0 saturated carbocycles. The van der Waals surface area contributed by atoms with E-state index in [1.165, 1.54) is 11.3 Å². The second-order valence-corrected chi connectivity index (χ2v) is 6.85. The lowest BCUT2D eigenvalue weighted by molar-refractivity contribution is 0.0668. The quantitative estimate of drug-likeness (QED) is 0.745. The Bertz CT molecular complexity index is 769. The van der Waals surface area contributed by atoms with Gasteiger partial charge in [0.25, 0.3) is 5.91 Å². The zero-order valence-electron chi connectivity index (χ0n) is 12.8. The van der Waals surface area contributed by atoms with E-state index in [0.29, 0.717) is 14.9 Å². The van der Waals surface area contributed by atoms with Crippen LogP contribution in [0.25, 0.3) is 0 Å². The number of thiazole rings is 1. The van der Waals surface area contributed by atoms with Gasteiger partial charge in [0.1, 0.15) is 4.88 Å². The molecule has 0 radical (unpaired) electrons. The van der Waals surface area contributed by atoms with Gasteiger partial charge < -0.3 is 9.80 Å². The fourth-order valence-corrected chi connectivity index (χ4v) is 3.22. The summed E-state index contributed by atoms with van der Waals surface area (Å²) in [4.78, 5) is 21.4. The lowest BCUT2D eigenvalue weighted by atomic mass is 10.2. The number of halogens is 1. The van der Waals surface area contributed by atoms with Gasteiger partial charge in [0, 0.05) is 36.8 Å². The van der Waals surface area contributed by atoms with Crippen molar-refractivity contribution >= 4 is 28.8 Å². The van der Waals surface area contributed by atoms with E-state index in [-0.39, 0.29) is 5.91 Å². The van der Waals surface area contributed by atoms with Gasteiger partial charge in [-0.15, -0.1) is 11.3 Å². The molecular weight excluding hydrogens is 330 g/mol. The Morgan fingerprint density at radius 3 is 2.78 bits per heavy atom. The molecule has 6 heteroatoms. The SMILES string of the molecule is CN1CCN(C(=O)c2cnc(C#Cc3cccc(Cl)c3)s2)CC1. The van der Waals surface area contributed by atoms with Crippen LogP contribution in [0.1, 0.15) is 20.2 Å². The molecule has 23 heavy (non-hydrogen) atoms. The second-order valence-electron chi connectivity index (χ2n) is 5.39. The number of nitrogens with zero attached hydrogens (tertiary/aromatic N) is 3. The predicted molar refractivity (Wildman–Crippen MR) is 92.9 cm³/mol. The minimum Gasteiger partial charge on any atom is -0.335 e. The molecule has 0 bridgehead atoms. The number of amides is 1. The van der Waals surface area contributed by atoms with Gasteiger partial charge in [0.2, 0.25) is 0 Å². The molecule has 0 aliphatic carbocycles. The number of carbonyl (C=O) groups is 1. The summed E-state index contributed by atoms with van der Waals surface area (Å²) in [7, 11) is 2.07. The standard InChI is InChI=1S/C17H16ClN3OS/c1-20-7-9-21(10-8-20)17(22)15-12-19-16(23-15)6-5-13-3-2-4-14(18)11-13/h2-4,11-12H,7-10H2,1H3. The van der Waals surface area contributed by atoms with E-state index in [1.807, 2.05) is 23.1 Å². The van der Waals surface area contributed by atoms with E-state index in [0.717, 1.165) is 31.7 Å². The number of aromatic nitrogens is 1.